The van der Waals surface area contributed by atoms with Crippen LogP contribution in [0.1, 0.15) is 12.6 Å². The Morgan fingerprint density at radius 3 is 2.58 bits per heavy atom. The van der Waals surface area contributed by atoms with E-state index in [1.165, 1.54) is 0 Å². The molecule has 0 amide bonds. The number of rotatable bonds is 4. The van der Waals surface area contributed by atoms with Crippen LogP contribution in [0.25, 0.3) is 0 Å². The van der Waals surface area contributed by atoms with Gasteiger partial charge in [0.15, 0.2) is 0 Å². The Labute approximate surface area is 86.7 Å². The topological polar surface area (TPSA) is 12.9 Å². The summed E-state index contributed by atoms with van der Waals surface area (Å²) in [7, 11) is 0. The lowest BCUT2D eigenvalue weighted by molar-refractivity contribution is 0.421. The van der Waals surface area contributed by atoms with Gasteiger partial charge in [-0.05, 0) is 6.42 Å². The third-order valence-corrected chi connectivity index (χ3v) is 3.66. The van der Waals surface area contributed by atoms with Gasteiger partial charge in [0.25, 0.3) is 0 Å². The van der Waals surface area contributed by atoms with Crippen molar-refractivity contribution in [2.24, 2.45) is 5.41 Å². The van der Waals surface area contributed by atoms with E-state index in [2.05, 4.69) is 11.9 Å². The maximum atomic E-state index is 5.82. The maximum absolute atomic E-state index is 5.82. The molecular formula is C8H11Cl2NS. The minimum Gasteiger partial charge on any atom is -0.250 e. The molecule has 0 aliphatic rings. The monoisotopic (exact) mass is 223 g/mol. The van der Waals surface area contributed by atoms with Gasteiger partial charge in [-0.1, -0.05) is 6.92 Å². The van der Waals surface area contributed by atoms with Crippen LogP contribution < -0.4 is 0 Å². The smallest absolute Gasteiger partial charge is 0.0794 e. The molecule has 0 N–H and O–H groups in total. The van der Waals surface area contributed by atoms with Crippen molar-refractivity contribution in [3.63, 3.8) is 0 Å². The molecule has 0 bridgehead atoms. The van der Waals surface area contributed by atoms with Gasteiger partial charge < -0.3 is 0 Å². The minimum atomic E-state index is -0.0167. The lowest BCUT2D eigenvalue weighted by Crippen LogP contribution is -2.23. The highest BCUT2D eigenvalue weighted by Crippen LogP contribution is 2.25. The standard InChI is InChI=1S/C8H11Cl2NS/c1-8(4-9,5-10)2-7-3-12-6-11-7/h3,6H,2,4-5H2,1H3. The van der Waals surface area contributed by atoms with Crippen molar-refractivity contribution in [3.8, 4) is 0 Å². The van der Waals surface area contributed by atoms with Gasteiger partial charge in [-0.15, -0.1) is 34.5 Å². The number of aromatic nitrogens is 1. The van der Waals surface area contributed by atoms with E-state index >= 15 is 0 Å². The van der Waals surface area contributed by atoms with Gasteiger partial charge in [0.05, 0.1) is 11.2 Å². The molecule has 1 aromatic heterocycles. The average Bonchev–Trinajstić information content (AvgIpc) is 2.57. The largest absolute Gasteiger partial charge is 0.250 e. The van der Waals surface area contributed by atoms with Gasteiger partial charge >= 0.3 is 0 Å². The fraction of sp³-hybridized carbons (Fsp3) is 0.625. The minimum absolute atomic E-state index is 0.0167. The van der Waals surface area contributed by atoms with E-state index in [4.69, 9.17) is 23.2 Å². The second kappa shape index (κ2) is 4.45. The van der Waals surface area contributed by atoms with E-state index in [0.717, 1.165) is 12.1 Å². The summed E-state index contributed by atoms with van der Waals surface area (Å²) < 4.78 is 0. The molecule has 0 atom stereocenters. The Hall–Kier alpha value is 0.210. The van der Waals surface area contributed by atoms with Crippen molar-refractivity contribution in [2.45, 2.75) is 13.3 Å². The molecule has 0 fully saturated rings. The normalized spacial score (nSPS) is 11.9. The summed E-state index contributed by atoms with van der Waals surface area (Å²) in [6.07, 6.45) is 0.865. The third kappa shape index (κ3) is 2.61. The van der Waals surface area contributed by atoms with Gasteiger partial charge in [-0.2, -0.15) is 0 Å². The Morgan fingerprint density at radius 1 is 1.50 bits per heavy atom. The fourth-order valence-electron chi connectivity index (χ4n) is 0.892. The lowest BCUT2D eigenvalue weighted by Gasteiger charge is -2.22. The third-order valence-electron chi connectivity index (χ3n) is 1.74. The van der Waals surface area contributed by atoms with Crippen molar-refractivity contribution < 1.29 is 0 Å². The predicted molar refractivity (Wildman–Crippen MR) is 55.4 cm³/mol. The second-order valence-electron chi connectivity index (χ2n) is 3.23. The van der Waals surface area contributed by atoms with Crippen LogP contribution in [0.5, 0.6) is 0 Å². The molecule has 0 unspecified atom stereocenters. The summed E-state index contributed by atoms with van der Waals surface area (Å²) in [6, 6.07) is 0. The van der Waals surface area contributed by atoms with E-state index in [0.29, 0.717) is 11.8 Å². The highest BCUT2D eigenvalue weighted by atomic mass is 35.5. The van der Waals surface area contributed by atoms with Crippen LogP contribution in [-0.4, -0.2) is 16.7 Å². The molecular weight excluding hydrogens is 213 g/mol. The van der Waals surface area contributed by atoms with Crippen LogP contribution in [0, 0.1) is 5.41 Å². The van der Waals surface area contributed by atoms with Gasteiger partial charge in [0, 0.05) is 22.6 Å². The summed E-state index contributed by atoms with van der Waals surface area (Å²) in [6.45, 7) is 2.08. The molecule has 0 saturated carbocycles. The second-order valence-corrected chi connectivity index (χ2v) is 4.49. The molecule has 0 saturated heterocycles. The quantitative estimate of drug-likeness (QED) is 0.716. The number of nitrogens with zero attached hydrogens (tertiary/aromatic N) is 1. The Bertz CT molecular complexity index is 219. The van der Waals surface area contributed by atoms with Crippen LogP contribution in [0.3, 0.4) is 0 Å². The summed E-state index contributed by atoms with van der Waals surface area (Å²) >= 11 is 13.2. The van der Waals surface area contributed by atoms with Crippen LogP contribution in [-0.2, 0) is 6.42 Å². The van der Waals surface area contributed by atoms with Gasteiger partial charge in [-0.3, -0.25) is 0 Å². The number of thiazole rings is 1. The van der Waals surface area contributed by atoms with Crippen molar-refractivity contribution in [1.82, 2.24) is 4.98 Å². The van der Waals surface area contributed by atoms with Crippen LogP contribution >= 0.6 is 34.5 Å². The molecule has 0 aliphatic heterocycles. The predicted octanol–water partition coefficient (Wildman–Crippen LogP) is 3.17. The first-order valence-corrected chi connectivity index (χ1v) is 5.70. The molecule has 68 valence electrons. The zero-order valence-corrected chi connectivity index (χ0v) is 9.22. The van der Waals surface area contributed by atoms with E-state index < -0.39 is 0 Å². The van der Waals surface area contributed by atoms with Gasteiger partial charge in [0.2, 0.25) is 0 Å². The molecule has 0 aliphatic carbocycles. The number of halogens is 2. The maximum Gasteiger partial charge on any atom is 0.0794 e. The van der Waals surface area contributed by atoms with Crippen molar-refractivity contribution in [2.75, 3.05) is 11.8 Å². The zero-order chi connectivity index (χ0) is 9.03. The highest BCUT2D eigenvalue weighted by molar-refractivity contribution is 7.07. The first-order valence-electron chi connectivity index (χ1n) is 3.69. The van der Waals surface area contributed by atoms with Crippen LogP contribution in [0.4, 0.5) is 0 Å². The lowest BCUT2D eigenvalue weighted by atomic mass is 9.90. The van der Waals surface area contributed by atoms with Crippen molar-refractivity contribution in [1.29, 1.82) is 0 Å². The molecule has 1 aromatic rings. The molecule has 12 heavy (non-hydrogen) atoms. The summed E-state index contributed by atoms with van der Waals surface area (Å²) in [5, 5.41) is 2.04. The van der Waals surface area contributed by atoms with Crippen molar-refractivity contribution in [3.05, 3.63) is 16.6 Å². The Kier molecular flexibility index (Phi) is 3.81. The first kappa shape index (κ1) is 10.3. The fourth-order valence-corrected chi connectivity index (χ4v) is 1.93. The summed E-state index contributed by atoms with van der Waals surface area (Å²) in [5.74, 6) is 1.15. The number of alkyl halides is 2. The number of hydrogen-bond acceptors (Lipinski definition) is 2. The van der Waals surface area contributed by atoms with Crippen molar-refractivity contribution >= 4 is 34.5 Å². The van der Waals surface area contributed by atoms with E-state index in [1.807, 2.05) is 10.9 Å². The van der Waals surface area contributed by atoms with Gasteiger partial charge in [0.1, 0.15) is 0 Å². The number of hydrogen-bond donors (Lipinski definition) is 0. The zero-order valence-electron chi connectivity index (χ0n) is 6.89. The van der Waals surface area contributed by atoms with Crippen LogP contribution in [0.2, 0.25) is 0 Å². The Morgan fingerprint density at radius 2 is 2.17 bits per heavy atom. The summed E-state index contributed by atoms with van der Waals surface area (Å²) in [4.78, 5) is 4.20. The molecule has 1 nitrogen and oxygen atoms in total. The molecule has 0 radical (unpaired) electrons. The molecule has 1 heterocycles. The SMILES string of the molecule is CC(CCl)(CCl)Cc1cscn1. The molecule has 0 aromatic carbocycles. The first-order chi connectivity index (χ1) is 5.70. The van der Waals surface area contributed by atoms with E-state index in [1.54, 1.807) is 11.3 Å². The van der Waals surface area contributed by atoms with E-state index in [9.17, 15) is 0 Å². The van der Waals surface area contributed by atoms with Crippen LogP contribution in [0.15, 0.2) is 10.9 Å². The van der Waals surface area contributed by atoms with E-state index in [-0.39, 0.29) is 5.41 Å². The van der Waals surface area contributed by atoms with Gasteiger partial charge in [-0.25, -0.2) is 4.98 Å². The highest BCUT2D eigenvalue weighted by Gasteiger charge is 2.23. The Balaban J connectivity index is 2.60. The molecule has 0 spiro atoms. The average molecular weight is 224 g/mol. The molecule has 1 rings (SSSR count). The molecule has 4 heteroatoms. The summed E-state index contributed by atoms with van der Waals surface area (Å²) in [5.41, 5.74) is 2.90.